The second kappa shape index (κ2) is 35.1. The third-order valence-electron chi connectivity index (χ3n) is 11.6. The Labute approximate surface area is 402 Å². The first kappa shape index (κ1) is 61.0. The van der Waals surface area contributed by atoms with E-state index in [4.69, 9.17) is 29.0 Å². The van der Waals surface area contributed by atoms with Gasteiger partial charge in [-0.05, 0) is 50.2 Å². The first-order chi connectivity index (χ1) is 32.5. The Balaban J connectivity index is 1.83. The van der Waals surface area contributed by atoms with Crippen LogP contribution >= 0.6 is 15.6 Å². The van der Waals surface area contributed by atoms with Crippen LogP contribution in [0.4, 0.5) is 5.82 Å². The van der Waals surface area contributed by atoms with Gasteiger partial charge < -0.3 is 39.9 Å². The zero-order valence-corrected chi connectivity index (χ0v) is 42.4. The Hall–Kier alpha value is -3.09. The second-order valence-electron chi connectivity index (χ2n) is 17.6. The number of anilines is 1. The van der Waals surface area contributed by atoms with E-state index in [0.29, 0.717) is 25.7 Å². The molecule has 0 aliphatic carbocycles. The largest absolute Gasteiger partial charge is 0.481 e. The molecule has 0 aromatic carbocycles. The second-order valence-corrected chi connectivity index (χ2v) is 20.6. The lowest BCUT2D eigenvalue weighted by molar-refractivity contribution is -0.161. The van der Waals surface area contributed by atoms with Gasteiger partial charge in [0, 0.05) is 25.5 Å². The summed E-state index contributed by atoms with van der Waals surface area (Å²) in [5.74, 6) is -0.538. The molecular weight excluding hydrogens is 924 g/mol. The van der Waals surface area contributed by atoms with Gasteiger partial charge in [-0.1, -0.05) is 142 Å². The highest BCUT2D eigenvalue weighted by Crippen LogP contribution is 2.60. The maximum absolute atomic E-state index is 12.8. The van der Waals surface area contributed by atoms with Gasteiger partial charge in [0.25, 0.3) is 0 Å². The van der Waals surface area contributed by atoms with Crippen LogP contribution in [0.2, 0.25) is 0 Å². The van der Waals surface area contributed by atoms with Crippen molar-refractivity contribution >= 4 is 39.2 Å². The van der Waals surface area contributed by atoms with Crippen molar-refractivity contribution in [2.45, 2.75) is 206 Å². The van der Waals surface area contributed by atoms with Crippen molar-refractivity contribution in [3.63, 3.8) is 0 Å². The SMILES string of the molecule is CCCCC/C=C\C=C\C(=O)CCCCCCCC(=O)OC[C@H](COP(=O)(O)OP(=O)(O)OC[C@H]1O[C@@H](n2ccc(N)nc2=O)[C@H](O)[C@@H]1O)OC(=O)CCCCCCCCCCCCC(C)CC. The number of phosphoric ester groups is 2. The molecule has 0 radical (unpaired) electrons. The van der Waals surface area contributed by atoms with E-state index in [-0.39, 0.29) is 24.4 Å². The molecule has 0 spiro atoms. The van der Waals surface area contributed by atoms with E-state index >= 15 is 0 Å². The van der Waals surface area contributed by atoms with Crippen LogP contribution in [0.1, 0.15) is 181 Å². The number of hydrogen-bond donors (Lipinski definition) is 5. The van der Waals surface area contributed by atoms with Crippen LogP contribution in [0, 0.1) is 5.92 Å². The number of ether oxygens (including phenoxy) is 3. The van der Waals surface area contributed by atoms with Gasteiger partial charge >= 0.3 is 33.3 Å². The molecule has 19 nitrogen and oxygen atoms in total. The summed E-state index contributed by atoms with van der Waals surface area (Å²) < 4.78 is 56.6. The zero-order valence-electron chi connectivity index (χ0n) is 40.6. The summed E-state index contributed by atoms with van der Waals surface area (Å²) in [4.78, 5) is 73.9. The van der Waals surface area contributed by atoms with E-state index in [9.17, 15) is 48.3 Å². The molecule has 68 heavy (non-hydrogen) atoms. The number of aromatic nitrogens is 2. The number of hydrogen-bond acceptors (Lipinski definition) is 16. The van der Waals surface area contributed by atoms with Gasteiger partial charge in [0.15, 0.2) is 18.1 Å². The average molecular weight is 1010 g/mol. The van der Waals surface area contributed by atoms with Gasteiger partial charge in [-0.15, -0.1) is 0 Å². The van der Waals surface area contributed by atoms with Crippen molar-refractivity contribution < 1.29 is 71.1 Å². The fourth-order valence-corrected chi connectivity index (χ4v) is 9.38. The number of nitrogens with zero attached hydrogens (tertiary/aromatic N) is 2. The highest BCUT2D eigenvalue weighted by molar-refractivity contribution is 7.61. The number of ketones is 1. The number of allylic oxidation sites excluding steroid dienone is 4. The highest BCUT2D eigenvalue weighted by atomic mass is 31.3. The summed E-state index contributed by atoms with van der Waals surface area (Å²) >= 11 is 0. The van der Waals surface area contributed by atoms with Crippen molar-refractivity contribution in [3.05, 3.63) is 47.1 Å². The Morgan fingerprint density at radius 2 is 1.38 bits per heavy atom. The monoisotopic (exact) mass is 1010 g/mol. The van der Waals surface area contributed by atoms with Gasteiger partial charge in [0.2, 0.25) is 0 Å². The number of carbonyl (C=O) groups excluding carboxylic acids is 3. The number of rotatable bonds is 40. The minimum Gasteiger partial charge on any atom is -0.462 e. The molecule has 1 aromatic rings. The maximum Gasteiger partial charge on any atom is 0.481 e. The molecule has 21 heteroatoms. The van der Waals surface area contributed by atoms with Crippen molar-refractivity contribution in [2.75, 3.05) is 25.6 Å². The lowest BCUT2D eigenvalue weighted by Gasteiger charge is -2.21. The number of nitrogens with two attached hydrogens (primary N) is 1. The standard InChI is InChI=1S/C47H81N3O16P2/c1-4-6-7-8-13-18-23-28-38(51)29-24-19-16-21-25-30-42(52)61-34-39(64-43(53)31-26-20-15-12-10-9-11-14-17-22-27-37(3)5-2)35-62-67(57,58)66-68(59,60)63-36-40-44(54)45(55)46(65-40)50-33-32-41(48)49-47(50)56/h13,18,23,28,32-33,37,39-40,44-46,54-55H,4-12,14-17,19-22,24-27,29-31,34-36H2,1-3H3,(H,57,58)(H,59,60)(H2,48,49,56)/b18-13-,28-23+/t37?,39-,40-,44-,45-,46-/m1/s1. The van der Waals surface area contributed by atoms with E-state index in [1.165, 1.54) is 63.9 Å². The number of nitrogen functional groups attached to an aromatic ring is 1. The number of unbranched alkanes of at least 4 members (excludes halogenated alkanes) is 16. The van der Waals surface area contributed by atoms with Crippen LogP contribution in [0.25, 0.3) is 0 Å². The molecule has 0 amide bonds. The van der Waals surface area contributed by atoms with Gasteiger partial charge in [-0.2, -0.15) is 9.29 Å². The van der Waals surface area contributed by atoms with E-state index in [0.717, 1.165) is 74.5 Å². The van der Waals surface area contributed by atoms with Crippen molar-refractivity contribution in [2.24, 2.45) is 5.92 Å². The van der Waals surface area contributed by atoms with Gasteiger partial charge in [-0.3, -0.25) is 28.0 Å². The molecule has 6 N–H and O–H groups in total. The number of esters is 2. The molecule has 0 bridgehead atoms. The first-order valence-corrected chi connectivity index (χ1v) is 27.7. The minimum atomic E-state index is -5.44. The highest BCUT2D eigenvalue weighted by Gasteiger charge is 2.46. The van der Waals surface area contributed by atoms with E-state index in [2.05, 4.69) is 36.1 Å². The molecule has 3 unspecified atom stereocenters. The average Bonchev–Trinajstić information content (AvgIpc) is 3.57. The number of carbonyl (C=O) groups is 3. The molecule has 1 aliphatic rings. The number of aliphatic hydroxyl groups is 2. The molecular formula is C47H81N3O16P2. The van der Waals surface area contributed by atoms with Crippen LogP contribution in [0.3, 0.4) is 0 Å². The predicted octanol–water partition coefficient (Wildman–Crippen LogP) is 8.87. The number of phosphoric acid groups is 2. The van der Waals surface area contributed by atoms with Crippen LogP contribution in [-0.4, -0.2) is 91.5 Å². The topological polar surface area (TPSA) is 283 Å². The molecule has 2 heterocycles. The van der Waals surface area contributed by atoms with Crippen molar-refractivity contribution in [3.8, 4) is 0 Å². The fraction of sp³-hybridized carbons (Fsp3) is 0.766. The van der Waals surface area contributed by atoms with E-state index in [1.54, 1.807) is 12.2 Å². The summed E-state index contributed by atoms with van der Waals surface area (Å²) in [5.41, 5.74) is 4.57. The van der Waals surface area contributed by atoms with E-state index in [1.807, 2.05) is 6.08 Å². The molecule has 1 aromatic heterocycles. The molecule has 1 aliphatic heterocycles. The minimum absolute atomic E-state index is 0.0276. The Bertz CT molecular complexity index is 1810. The summed E-state index contributed by atoms with van der Waals surface area (Å²) in [6.45, 7) is 4.29. The van der Waals surface area contributed by atoms with E-state index < -0.39 is 83.7 Å². The first-order valence-electron chi connectivity index (χ1n) is 24.7. The summed E-state index contributed by atoms with van der Waals surface area (Å²) in [6, 6.07) is 1.24. The molecule has 0 saturated carbocycles. The van der Waals surface area contributed by atoms with Gasteiger partial charge in [0.05, 0.1) is 13.2 Å². The molecule has 1 saturated heterocycles. The lowest BCUT2D eigenvalue weighted by Crippen LogP contribution is -2.36. The lowest BCUT2D eigenvalue weighted by atomic mass is 9.99. The molecule has 2 rings (SSSR count). The quantitative estimate of drug-likeness (QED) is 0.0135. The Kier molecular flexibility index (Phi) is 31.5. The Morgan fingerprint density at radius 3 is 2.00 bits per heavy atom. The smallest absolute Gasteiger partial charge is 0.462 e. The van der Waals surface area contributed by atoms with Gasteiger partial charge in [0.1, 0.15) is 30.7 Å². The van der Waals surface area contributed by atoms with Crippen LogP contribution in [-0.2, 0) is 51.1 Å². The van der Waals surface area contributed by atoms with Crippen molar-refractivity contribution in [1.82, 2.24) is 9.55 Å². The Morgan fingerprint density at radius 1 is 0.794 bits per heavy atom. The normalized spacial score (nSPS) is 20.0. The summed E-state index contributed by atoms with van der Waals surface area (Å²) in [7, 11) is -10.9. The predicted molar refractivity (Wildman–Crippen MR) is 257 cm³/mol. The summed E-state index contributed by atoms with van der Waals surface area (Å²) in [5, 5.41) is 20.9. The van der Waals surface area contributed by atoms with Crippen LogP contribution in [0.5, 0.6) is 0 Å². The molecule has 1 fully saturated rings. The third kappa shape index (κ3) is 27.9. The third-order valence-corrected chi connectivity index (χ3v) is 14.2. The zero-order chi connectivity index (χ0) is 50.2. The summed E-state index contributed by atoms with van der Waals surface area (Å²) in [6.07, 6.45) is 22.3. The van der Waals surface area contributed by atoms with Crippen LogP contribution < -0.4 is 11.4 Å². The fourth-order valence-electron chi connectivity index (χ4n) is 7.27. The molecule has 8 atom stereocenters. The molecule has 390 valence electrons. The van der Waals surface area contributed by atoms with Gasteiger partial charge in [-0.25, -0.2) is 13.9 Å². The number of aliphatic hydroxyl groups excluding tert-OH is 2. The van der Waals surface area contributed by atoms with Crippen LogP contribution in [0.15, 0.2) is 41.4 Å². The van der Waals surface area contributed by atoms with Crippen molar-refractivity contribution in [1.29, 1.82) is 0 Å². The maximum atomic E-state index is 12.8.